The first-order valence-electron chi connectivity index (χ1n) is 8.04. The summed E-state index contributed by atoms with van der Waals surface area (Å²) in [7, 11) is -3.80. The van der Waals surface area contributed by atoms with E-state index in [0.717, 1.165) is 0 Å². The van der Waals surface area contributed by atoms with Gasteiger partial charge in [0.05, 0.1) is 18.9 Å². The lowest BCUT2D eigenvalue weighted by Crippen LogP contribution is -2.21. The van der Waals surface area contributed by atoms with Crippen LogP contribution >= 0.6 is 7.60 Å². The zero-order valence-corrected chi connectivity index (χ0v) is 15.1. The van der Waals surface area contributed by atoms with Crippen LogP contribution in [-0.4, -0.2) is 24.8 Å². The van der Waals surface area contributed by atoms with Crippen molar-refractivity contribution in [1.29, 1.82) is 0 Å². The van der Waals surface area contributed by atoms with Crippen molar-refractivity contribution < 1.29 is 18.4 Å². The number of azo groups is 1. The van der Waals surface area contributed by atoms with Crippen LogP contribution in [0, 0.1) is 0 Å². The molecule has 132 valence electrons. The van der Waals surface area contributed by atoms with Gasteiger partial charge < -0.3 is 9.05 Å². The minimum absolute atomic E-state index is 0.136. The minimum Gasteiger partial charge on any atom is -0.307 e. The number of hydrogen-bond acceptors (Lipinski definition) is 6. The number of hydrogen-bond donors (Lipinski definition) is 0. The largest absolute Gasteiger partial charge is 0.364 e. The standard InChI is InChI=1S/C18H21N2O4P/c1-3-23-25(22,24-4-2)18(17(21)15-11-7-5-8-12-15)20-19-16-13-9-6-10-14-16/h5-14,18H,3-4H2,1-2H3. The average Bonchev–Trinajstić information content (AvgIpc) is 2.63. The highest BCUT2D eigenvalue weighted by atomic mass is 31.2. The fourth-order valence-corrected chi connectivity index (χ4v) is 3.86. The fraction of sp³-hybridized carbons (Fsp3) is 0.278. The van der Waals surface area contributed by atoms with E-state index in [1.165, 1.54) is 0 Å². The van der Waals surface area contributed by atoms with Crippen molar-refractivity contribution in [2.45, 2.75) is 19.6 Å². The Morgan fingerprint density at radius 1 is 0.960 bits per heavy atom. The summed E-state index contributed by atoms with van der Waals surface area (Å²) in [5, 5.41) is 8.10. The molecular weight excluding hydrogens is 339 g/mol. The molecule has 2 rings (SSSR count). The third-order valence-electron chi connectivity index (χ3n) is 3.25. The van der Waals surface area contributed by atoms with E-state index in [4.69, 9.17) is 9.05 Å². The Morgan fingerprint density at radius 3 is 2.00 bits per heavy atom. The van der Waals surface area contributed by atoms with Gasteiger partial charge in [-0.1, -0.05) is 48.5 Å². The molecule has 0 aromatic heterocycles. The first kappa shape index (κ1) is 19.2. The molecule has 0 N–H and O–H groups in total. The van der Waals surface area contributed by atoms with Crippen molar-refractivity contribution in [2.24, 2.45) is 10.2 Å². The molecule has 2 aromatic rings. The van der Waals surface area contributed by atoms with Crippen molar-refractivity contribution in [3.63, 3.8) is 0 Å². The number of Topliss-reactive ketones (excluding diaryl/α,β-unsaturated/α-hetero) is 1. The topological polar surface area (TPSA) is 77.3 Å². The van der Waals surface area contributed by atoms with Gasteiger partial charge in [-0.3, -0.25) is 9.36 Å². The van der Waals surface area contributed by atoms with E-state index in [1.807, 2.05) is 6.07 Å². The highest BCUT2D eigenvalue weighted by Gasteiger charge is 2.42. The van der Waals surface area contributed by atoms with Crippen molar-refractivity contribution >= 4 is 19.1 Å². The van der Waals surface area contributed by atoms with E-state index < -0.39 is 19.2 Å². The van der Waals surface area contributed by atoms with Gasteiger partial charge in [-0.25, -0.2) is 0 Å². The Morgan fingerprint density at radius 2 is 1.48 bits per heavy atom. The lowest BCUT2D eigenvalue weighted by molar-refractivity contribution is 0.0967. The Hall–Kier alpha value is -2.14. The molecule has 0 aliphatic heterocycles. The summed E-state index contributed by atoms with van der Waals surface area (Å²) in [6.45, 7) is 3.64. The molecule has 0 aliphatic carbocycles. The van der Waals surface area contributed by atoms with Crippen molar-refractivity contribution in [1.82, 2.24) is 0 Å². The first-order chi connectivity index (χ1) is 12.1. The van der Waals surface area contributed by atoms with Gasteiger partial charge in [0, 0.05) is 5.56 Å². The summed E-state index contributed by atoms with van der Waals surface area (Å²) in [5.74, 6) is -1.81. The van der Waals surface area contributed by atoms with Crippen LogP contribution in [0.3, 0.4) is 0 Å². The van der Waals surface area contributed by atoms with E-state index in [-0.39, 0.29) is 13.2 Å². The first-order valence-corrected chi connectivity index (χ1v) is 9.66. The Kier molecular flexibility index (Phi) is 7.19. The van der Waals surface area contributed by atoms with Crippen LogP contribution < -0.4 is 0 Å². The maximum atomic E-state index is 13.1. The van der Waals surface area contributed by atoms with Crippen LogP contribution in [0.2, 0.25) is 0 Å². The molecule has 0 fully saturated rings. The summed E-state index contributed by atoms with van der Waals surface area (Å²) in [5.41, 5.74) is 0.923. The van der Waals surface area contributed by atoms with E-state index in [2.05, 4.69) is 10.2 Å². The molecule has 0 bridgehead atoms. The van der Waals surface area contributed by atoms with Crippen LogP contribution in [0.5, 0.6) is 0 Å². The van der Waals surface area contributed by atoms with Crippen molar-refractivity contribution in [3.8, 4) is 0 Å². The smallest absolute Gasteiger partial charge is 0.307 e. The summed E-state index contributed by atoms with van der Waals surface area (Å²) in [6, 6.07) is 17.4. The van der Waals surface area contributed by atoms with Gasteiger partial charge >= 0.3 is 7.60 Å². The van der Waals surface area contributed by atoms with Crippen LogP contribution in [0.4, 0.5) is 5.69 Å². The molecule has 1 atom stereocenters. The molecule has 1 unspecified atom stereocenters. The molecule has 0 spiro atoms. The van der Waals surface area contributed by atoms with Gasteiger partial charge in [0.1, 0.15) is 0 Å². The van der Waals surface area contributed by atoms with Gasteiger partial charge in [-0.05, 0) is 26.0 Å². The molecule has 7 heteroatoms. The van der Waals surface area contributed by atoms with Crippen LogP contribution in [0.1, 0.15) is 24.2 Å². The molecule has 0 aliphatic rings. The van der Waals surface area contributed by atoms with Crippen molar-refractivity contribution in [3.05, 3.63) is 66.2 Å². The minimum atomic E-state index is -3.80. The molecule has 0 heterocycles. The maximum Gasteiger partial charge on any atom is 0.364 e. The highest BCUT2D eigenvalue weighted by Crippen LogP contribution is 2.54. The summed E-state index contributed by atoms with van der Waals surface area (Å²) in [4.78, 5) is 12.9. The van der Waals surface area contributed by atoms with Gasteiger partial charge in [-0.15, -0.1) is 0 Å². The monoisotopic (exact) mass is 360 g/mol. The van der Waals surface area contributed by atoms with Gasteiger partial charge in [0.15, 0.2) is 0 Å². The second-order valence-corrected chi connectivity index (χ2v) is 7.12. The Labute approximate surface area is 147 Å². The lowest BCUT2D eigenvalue weighted by atomic mass is 10.1. The van der Waals surface area contributed by atoms with Crippen molar-refractivity contribution in [2.75, 3.05) is 13.2 Å². The average molecular weight is 360 g/mol. The zero-order chi connectivity index (χ0) is 18.1. The number of carbonyl (C=O) groups is 1. The second kappa shape index (κ2) is 9.37. The van der Waals surface area contributed by atoms with Gasteiger partial charge in [0.2, 0.25) is 11.6 Å². The van der Waals surface area contributed by atoms with E-state index >= 15 is 0 Å². The number of rotatable bonds is 9. The SMILES string of the molecule is CCOP(=O)(OCC)C(N=Nc1ccccc1)C(=O)c1ccccc1. The van der Waals surface area contributed by atoms with Crippen LogP contribution in [-0.2, 0) is 13.6 Å². The number of nitrogens with zero attached hydrogens (tertiary/aromatic N) is 2. The van der Waals surface area contributed by atoms with Gasteiger partial charge in [0.25, 0.3) is 0 Å². The summed E-state index contributed by atoms with van der Waals surface area (Å²) < 4.78 is 23.8. The summed E-state index contributed by atoms with van der Waals surface area (Å²) >= 11 is 0. The highest BCUT2D eigenvalue weighted by molar-refractivity contribution is 7.55. The number of carbonyl (C=O) groups excluding carboxylic acids is 1. The molecule has 6 nitrogen and oxygen atoms in total. The van der Waals surface area contributed by atoms with E-state index in [1.54, 1.807) is 68.4 Å². The maximum absolute atomic E-state index is 13.1. The van der Waals surface area contributed by atoms with Crippen LogP contribution in [0.25, 0.3) is 0 Å². The lowest BCUT2D eigenvalue weighted by Gasteiger charge is -2.21. The Bertz CT molecular complexity index is 740. The number of ketones is 1. The molecule has 0 saturated heterocycles. The fourth-order valence-electron chi connectivity index (χ4n) is 2.17. The third kappa shape index (κ3) is 5.16. The van der Waals surface area contributed by atoms with E-state index in [0.29, 0.717) is 11.3 Å². The Balaban J connectivity index is 2.41. The molecule has 0 radical (unpaired) electrons. The summed E-state index contributed by atoms with van der Waals surface area (Å²) in [6.07, 6.45) is 0. The molecule has 0 amide bonds. The molecule has 25 heavy (non-hydrogen) atoms. The predicted molar refractivity (Wildman–Crippen MR) is 96.4 cm³/mol. The zero-order valence-electron chi connectivity index (χ0n) is 14.2. The third-order valence-corrected chi connectivity index (χ3v) is 5.42. The van der Waals surface area contributed by atoms with Gasteiger partial charge in [-0.2, -0.15) is 10.2 Å². The molecule has 0 saturated carbocycles. The normalized spacial score (nSPS) is 13.0. The predicted octanol–water partition coefficient (Wildman–Crippen LogP) is 5.25. The number of benzene rings is 2. The quantitative estimate of drug-likeness (QED) is 0.348. The molecular formula is C18H21N2O4P. The molecule has 2 aromatic carbocycles. The van der Waals surface area contributed by atoms with E-state index in [9.17, 15) is 9.36 Å². The van der Waals surface area contributed by atoms with Crippen LogP contribution in [0.15, 0.2) is 70.9 Å². The second-order valence-electron chi connectivity index (χ2n) is 5.03.